The summed E-state index contributed by atoms with van der Waals surface area (Å²) in [7, 11) is 2.17. The van der Waals surface area contributed by atoms with Crippen LogP contribution in [0.1, 0.15) is 41.9 Å². The number of carbonyl (C=O) groups excluding carboxylic acids is 1. The van der Waals surface area contributed by atoms with Gasteiger partial charge in [0.15, 0.2) is 0 Å². The van der Waals surface area contributed by atoms with E-state index in [1.165, 1.54) is 17.5 Å². The van der Waals surface area contributed by atoms with E-state index in [4.69, 9.17) is 4.74 Å². The first-order chi connectivity index (χ1) is 13.1. The molecule has 2 fully saturated rings. The van der Waals surface area contributed by atoms with Crippen molar-refractivity contribution in [1.82, 2.24) is 4.90 Å². The smallest absolute Gasteiger partial charge is 0.316 e. The Morgan fingerprint density at radius 3 is 2.67 bits per heavy atom. The molecule has 2 bridgehead atoms. The standard InChI is InChI=1S/C23H26INO2/c1-15-4-3-5-19(12-15)27-23(26)22-20(13-18-10-11-21(22)25(18)2)17-8-6-16(14-24)7-9-17/h3-9,12,18,20-22H,10-11,13-14H2,1-2H3/t18-,20-,21?,22?/m1/s1. The van der Waals surface area contributed by atoms with Crippen LogP contribution < -0.4 is 4.74 Å². The Morgan fingerprint density at radius 1 is 1.19 bits per heavy atom. The molecule has 27 heavy (non-hydrogen) atoms. The second kappa shape index (κ2) is 7.92. The summed E-state index contributed by atoms with van der Waals surface area (Å²) >= 11 is 2.39. The third-order valence-corrected chi connectivity index (χ3v) is 7.19. The van der Waals surface area contributed by atoms with Gasteiger partial charge in [0.05, 0.1) is 5.92 Å². The molecule has 2 aliphatic heterocycles. The average molecular weight is 475 g/mol. The largest absolute Gasteiger partial charge is 0.426 e. The SMILES string of the molecule is Cc1cccc(OC(=O)C2C3CC[C@H](C[C@@H]2c2ccc(CI)cc2)N3C)c1. The maximum Gasteiger partial charge on any atom is 0.316 e. The van der Waals surface area contributed by atoms with Crippen molar-refractivity contribution in [2.75, 3.05) is 7.05 Å². The molecular weight excluding hydrogens is 449 g/mol. The van der Waals surface area contributed by atoms with Crippen LogP contribution in [0.5, 0.6) is 5.75 Å². The fourth-order valence-corrected chi connectivity index (χ4v) is 5.36. The Hall–Kier alpha value is -1.40. The van der Waals surface area contributed by atoms with Gasteiger partial charge in [0.1, 0.15) is 5.75 Å². The summed E-state index contributed by atoms with van der Waals surface area (Å²) in [6, 6.07) is 17.5. The zero-order valence-electron chi connectivity index (χ0n) is 15.9. The lowest BCUT2D eigenvalue weighted by molar-refractivity contribution is -0.143. The fraction of sp³-hybridized carbons (Fsp3) is 0.435. The summed E-state index contributed by atoms with van der Waals surface area (Å²) < 4.78 is 6.87. The highest BCUT2D eigenvalue weighted by Gasteiger charge is 2.49. The van der Waals surface area contributed by atoms with Gasteiger partial charge < -0.3 is 4.74 Å². The van der Waals surface area contributed by atoms with Crippen molar-refractivity contribution in [2.24, 2.45) is 5.92 Å². The Labute approximate surface area is 175 Å². The molecule has 0 amide bonds. The Morgan fingerprint density at radius 2 is 1.96 bits per heavy atom. The molecule has 4 heteroatoms. The molecule has 3 nitrogen and oxygen atoms in total. The molecule has 2 saturated heterocycles. The third-order valence-electron chi connectivity index (χ3n) is 6.31. The van der Waals surface area contributed by atoms with E-state index in [1.54, 1.807) is 0 Å². The number of benzene rings is 2. The van der Waals surface area contributed by atoms with Gasteiger partial charge in [0.25, 0.3) is 0 Å². The number of aryl methyl sites for hydroxylation is 1. The molecule has 0 saturated carbocycles. The molecule has 2 aromatic carbocycles. The number of halogens is 1. The van der Waals surface area contributed by atoms with E-state index in [9.17, 15) is 4.79 Å². The zero-order valence-corrected chi connectivity index (χ0v) is 18.1. The number of rotatable bonds is 4. The van der Waals surface area contributed by atoms with Gasteiger partial charge >= 0.3 is 5.97 Å². The van der Waals surface area contributed by atoms with Crippen LogP contribution in [0.2, 0.25) is 0 Å². The highest BCUT2D eigenvalue weighted by molar-refractivity contribution is 14.1. The van der Waals surface area contributed by atoms with Crippen molar-refractivity contribution < 1.29 is 9.53 Å². The van der Waals surface area contributed by atoms with Crippen molar-refractivity contribution in [3.8, 4) is 5.75 Å². The summed E-state index contributed by atoms with van der Waals surface area (Å²) in [6.45, 7) is 2.02. The van der Waals surface area contributed by atoms with Crippen LogP contribution in [0.4, 0.5) is 0 Å². The minimum atomic E-state index is -0.111. The van der Waals surface area contributed by atoms with E-state index < -0.39 is 0 Å². The molecule has 0 aromatic heterocycles. The predicted octanol–water partition coefficient (Wildman–Crippen LogP) is 5.10. The molecule has 2 unspecified atom stereocenters. The molecule has 0 aliphatic carbocycles. The summed E-state index contributed by atoms with van der Waals surface area (Å²) in [5.41, 5.74) is 3.71. The van der Waals surface area contributed by atoms with Crippen LogP contribution in [-0.4, -0.2) is 30.0 Å². The number of piperidine rings is 1. The van der Waals surface area contributed by atoms with Gasteiger partial charge in [-0.15, -0.1) is 0 Å². The molecule has 4 atom stereocenters. The van der Waals surface area contributed by atoms with Gasteiger partial charge in [-0.1, -0.05) is 59.0 Å². The van der Waals surface area contributed by atoms with Gasteiger partial charge in [-0.05, 0) is 62.1 Å². The van der Waals surface area contributed by atoms with Crippen molar-refractivity contribution in [2.45, 2.75) is 48.6 Å². The highest BCUT2D eigenvalue weighted by Crippen LogP contribution is 2.46. The van der Waals surface area contributed by atoms with E-state index >= 15 is 0 Å². The molecule has 2 aliphatic rings. The number of alkyl halides is 1. The van der Waals surface area contributed by atoms with E-state index in [0.29, 0.717) is 11.8 Å². The molecule has 0 radical (unpaired) electrons. The van der Waals surface area contributed by atoms with Crippen LogP contribution in [-0.2, 0) is 9.22 Å². The number of carbonyl (C=O) groups is 1. The van der Waals surface area contributed by atoms with E-state index in [0.717, 1.165) is 22.8 Å². The first kappa shape index (κ1) is 18.9. The summed E-state index contributed by atoms with van der Waals surface area (Å²) in [4.78, 5) is 15.7. The maximum atomic E-state index is 13.3. The Bertz CT molecular complexity index is 819. The molecule has 0 spiro atoms. The van der Waals surface area contributed by atoms with E-state index in [1.807, 2.05) is 31.2 Å². The number of esters is 1. The zero-order chi connectivity index (χ0) is 19.0. The Balaban J connectivity index is 1.63. The van der Waals surface area contributed by atoms with Crippen LogP contribution in [0.15, 0.2) is 48.5 Å². The molecule has 2 heterocycles. The van der Waals surface area contributed by atoms with Crippen molar-refractivity contribution in [1.29, 1.82) is 0 Å². The van der Waals surface area contributed by atoms with Crippen LogP contribution >= 0.6 is 22.6 Å². The molecule has 4 rings (SSSR count). The van der Waals surface area contributed by atoms with Crippen LogP contribution in [0.3, 0.4) is 0 Å². The quantitative estimate of drug-likeness (QED) is 0.267. The maximum absolute atomic E-state index is 13.3. The number of hydrogen-bond acceptors (Lipinski definition) is 3. The first-order valence-electron chi connectivity index (χ1n) is 9.72. The average Bonchev–Trinajstić information content (AvgIpc) is 2.90. The topological polar surface area (TPSA) is 29.5 Å². The fourth-order valence-electron chi connectivity index (χ4n) is 4.85. The van der Waals surface area contributed by atoms with Crippen molar-refractivity contribution in [3.05, 3.63) is 65.2 Å². The number of hydrogen-bond donors (Lipinski definition) is 0. The van der Waals surface area contributed by atoms with Gasteiger partial charge in [-0.2, -0.15) is 0 Å². The normalized spacial score (nSPS) is 27.5. The first-order valence-corrected chi connectivity index (χ1v) is 11.2. The minimum absolute atomic E-state index is 0.0826. The number of fused-ring (bicyclic) bond motifs is 2. The Kier molecular flexibility index (Phi) is 5.55. The number of ether oxygens (including phenoxy) is 1. The van der Waals surface area contributed by atoms with Gasteiger partial charge in [0, 0.05) is 22.4 Å². The van der Waals surface area contributed by atoms with Crippen LogP contribution in [0, 0.1) is 12.8 Å². The molecule has 142 valence electrons. The van der Waals surface area contributed by atoms with Crippen LogP contribution in [0.25, 0.3) is 0 Å². The van der Waals surface area contributed by atoms with Crippen molar-refractivity contribution in [3.63, 3.8) is 0 Å². The lowest BCUT2D eigenvalue weighted by Crippen LogP contribution is -2.49. The highest BCUT2D eigenvalue weighted by atomic mass is 127. The van der Waals surface area contributed by atoms with E-state index in [-0.39, 0.29) is 23.8 Å². The second-order valence-corrected chi connectivity index (χ2v) is 8.71. The summed E-state index contributed by atoms with van der Waals surface area (Å²) in [5, 5.41) is 0. The predicted molar refractivity (Wildman–Crippen MR) is 116 cm³/mol. The number of nitrogens with zero attached hydrogens (tertiary/aromatic N) is 1. The lowest BCUT2D eigenvalue weighted by atomic mass is 9.76. The lowest BCUT2D eigenvalue weighted by Gasteiger charge is -2.41. The third kappa shape index (κ3) is 3.79. The second-order valence-electron chi connectivity index (χ2n) is 7.94. The van der Waals surface area contributed by atoms with E-state index in [2.05, 4.69) is 58.8 Å². The monoisotopic (exact) mass is 475 g/mol. The summed E-state index contributed by atoms with van der Waals surface area (Å²) in [6.07, 6.45) is 3.29. The van der Waals surface area contributed by atoms with Gasteiger partial charge in [-0.3, -0.25) is 9.69 Å². The molecule has 0 N–H and O–H groups in total. The minimum Gasteiger partial charge on any atom is -0.426 e. The van der Waals surface area contributed by atoms with Crippen molar-refractivity contribution >= 4 is 28.6 Å². The van der Waals surface area contributed by atoms with Gasteiger partial charge in [-0.25, -0.2) is 0 Å². The van der Waals surface area contributed by atoms with Gasteiger partial charge in [0.2, 0.25) is 0 Å². The summed E-state index contributed by atoms with van der Waals surface area (Å²) in [5.74, 6) is 0.696. The molecule has 2 aromatic rings. The molecular formula is C23H26INO2.